The molecule has 7 heteroatoms. The first-order valence-corrected chi connectivity index (χ1v) is 6.90. The van der Waals surface area contributed by atoms with E-state index in [9.17, 15) is 0 Å². The van der Waals surface area contributed by atoms with Crippen LogP contribution >= 0.6 is 12.2 Å². The topological polar surface area (TPSA) is 44.7 Å². The van der Waals surface area contributed by atoms with Crippen LogP contribution < -0.4 is 4.90 Å². The molecule has 0 aliphatic carbocycles. The second kappa shape index (κ2) is 5.66. The van der Waals surface area contributed by atoms with Crippen LogP contribution in [0.15, 0.2) is 18.5 Å². The number of anilines is 1. The zero-order valence-electron chi connectivity index (χ0n) is 10.7. The number of thiocarbonyl (C=S) groups is 1. The maximum absolute atomic E-state index is 5.30. The smallest absolute Gasteiger partial charge is 0.260 e. The molecule has 2 fully saturated rings. The number of piperazine rings is 1. The van der Waals surface area contributed by atoms with Crippen LogP contribution in [0.25, 0.3) is 0 Å². The third-order valence-corrected chi connectivity index (χ3v) is 3.80. The first-order valence-electron chi connectivity index (χ1n) is 6.49. The molecule has 0 bridgehead atoms. The van der Waals surface area contributed by atoms with Crippen LogP contribution in [0, 0.1) is 0 Å². The van der Waals surface area contributed by atoms with Gasteiger partial charge in [-0.2, -0.15) is 0 Å². The molecule has 3 rings (SSSR count). The first-order chi connectivity index (χ1) is 9.33. The number of ether oxygens (including phenoxy) is 1. The zero-order valence-corrected chi connectivity index (χ0v) is 11.6. The van der Waals surface area contributed by atoms with Gasteiger partial charge in [-0.05, 0) is 18.3 Å². The maximum atomic E-state index is 5.30. The van der Waals surface area contributed by atoms with E-state index in [0.29, 0.717) is 5.17 Å². The van der Waals surface area contributed by atoms with Gasteiger partial charge in [-0.1, -0.05) is 0 Å². The lowest BCUT2D eigenvalue weighted by molar-refractivity contribution is 0.186. The summed E-state index contributed by atoms with van der Waals surface area (Å²) in [4.78, 5) is 15.3. The minimum absolute atomic E-state index is 0.633. The van der Waals surface area contributed by atoms with Crippen molar-refractivity contribution >= 4 is 23.3 Å². The Balaban J connectivity index is 1.51. The molecule has 0 amide bonds. The Labute approximate surface area is 118 Å². The largest absolute Gasteiger partial charge is 0.469 e. The van der Waals surface area contributed by atoms with Crippen molar-refractivity contribution in [1.29, 1.82) is 0 Å². The van der Waals surface area contributed by atoms with E-state index in [0.717, 1.165) is 51.9 Å². The number of aromatic nitrogens is 2. The second-order valence-electron chi connectivity index (χ2n) is 4.67. The molecule has 3 heterocycles. The zero-order chi connectivity index (χ0) is 13.1. The standard InChI is InChI=1S/C12H17N5OS/c19-12-17(8-9-18-12)10-15-4-6-16(7-5-15)11-13-2-1-3-14-11/h1-3H,4-10H2. The summed E-state index contributed by atoms with van der Waals surface area (Å²) in [6.07, 6.45) is 3.57. The molecule has 0 spiro atoms. The van der Waals surface area contributed by atoms with E-state index < -0.39 is 0 Å². The third kappa shape index (κ3) is 2.93. The van der Waals surface area contributed by atoms with Gasteiger partial charge in [-0.15, -0.1) is 0 Å². The van der Waals surface area contributed by atoms with Crippen molar-refractivity contribution < 1.29 is 4.74 Å². The molecule has 1 aromatic rings. The van der Waals surface area contributed by atoms with E-state index in [1.54, 1.807) is 12.4 Å². The van der Waals surface area contributed by atoms with Gasteiger partial charge in [0.2, 0.25) is 5.95 Å². The van der Waals surface area contributed by atoms with Gasteiger partial charge in [-0.25, -0.2) is 9.97 Å². The van der Waals surface area contributed by atoms with Gasteiger partial charge in [0.05, 0.1) is 13.2 Å². The fraction of sp³-hybridized carbons (Fsp3) is 0.583. The SMILES string of the molecule is S=C1OCCN1CN1CCN(c2ncccn2)CC1. The van der Waals surface area contributed by atoms with Crippen LogP contribution in [0.2, 0.25) is 0 Å². The fourth-order valence-electron chi connectivity index (χ4n) is 2.34. The van der Waals surface area contributed by atoms with Crippen molar-refractivity contribution in [2.24, 2.45) is 0 Å². The van der Waals surface area contributed by atoms with E-state index in [1.165, 1.54) is 0 Å². The summed E-state index contributed by atoms with van der Waals surface area (Å²) >= 11 is 5.16. The molecule has 102 valence electrons. The van der Waals surface area contributed by atoms with E-state index in [1.807, 2.05) is 6.07 Å². The maximum Gasteiger partial charge on any atom is 0.260 e. The molecular formula is C12H17N5OS. The average Bonchev–Trinajstić information content (AvgIpc) is 2.86. The van der Waals surface area contributed by atoms with Crippen molar-refractivity contribution in [3.8, 4) is 0 Å². The molecule has 0 atom stereocenters. The number of hydrogen-bond acceptors (Lipinski definition) is 6. The van der Waals surface area contributed by atoms with Crippen molar-refractivity contribution in [1.82, 2.24) is 19.8 Å². The Hall–Kier alpha value is -1.47. The quantitative estimate of drug-likeness (QED) is 0.731. The highest BCUT2D eigenvalue weighted by molar-refractivity contribution is 7.80. The molecule has 0 unspecified atom stereocenters. The Morgan fingerprint density at radius 2 is 1.84 bits per heavy atom. The van der Waals surface area contributed by atoms with Gasteiger partial charge in [0.15, 0.2) is 0 Å². The Bertz CT molecular complexity index is 435. The van der Waals surface area contributed by atoms with Crippen molar-refractivity contribution in [2.45, 2.75) is 0 Å². The van der Waals surface area contributed by atoms with Crippen LogP contribution in [-0.2, 0) is 4.74 Å². The summed E-state index contributed by atoms with van der Waals surface area (Å²) in [6, 6.07) is 1.84. The molecule has 2 saturated heterocycles. The predicted molar refractivity (Wildman–Crippen MR) is 75.9 cm³/mol. The van der Waals surface area contributed by atoms with Crippen molar-refractivity contribution in [2.75, 3.05) is 50.9 Å². The summed E-state index contributed by atoms with van der Waals surface area (Å²) < 4.78 is 5.30. The van der Waals surface area contributed by atoms with Crippen LogP contribution in [-0.4, -0.2) is 70.9 Å². The third-order valence-electron chi connectivity index (χ3n) is 3.42. The normalized spacial score (nSPS) is 20.7. The number of hydrogen-bond donors (Lipinski definition) is 0. The Morgan fingerprint density at radius 1 is 1.11 bits per heavy atom. The minimum Gasteiger partial charge on any atom is -0.469 e. The second-order valence-corrected chi connectivity index (χ2v) is 5.02. The van der Waals surface area contributed by atoms with Crippen molar-refractivity contribution in [3.63, 3.8) is 0 Å². The molecule has 0 saturated carbocycles. The van der Waals surface area contributed by atoms with Gasteiger partial charge in [0.25, 0.3) is 5.17 Å². The summed E-state index contributed by atoms with van der Waals surface area (Å²) in [5.74, 6) is 0.821. The molecule has 0 N–H and O–H groups in total. The fourth-order valence-corrected chi connectivity index (χ4v) is 2.57. The summed E-state index contributed by atoms with van der Waals surface area (Å²) in [5.41, 5.74) is 0. The van der Waals surface area contributed by atoms with E-state index in [2.05, 4.69) is 24.7 Å². The van der Waals surface area contributed by atoms with E-state index >= 15 is 0 Å². The van der Waals surface area contributed by atoms with E-state index in [4.69, 9.17) is 17.0 Å². The lowest BCUT2D eigenvalue weighted by atomic mass is 10.3. The van der Waals surface area contributed by atoms with Crippen LogP contribution in [0.1, 0.15) is 0 Å². The Kier molecular flexibility index (Phi) is 3.74. The van der Waals surface area contributed by atoms with E-state index in [-0.39, 0.29) is 0 Å². The number of rotatable bonds is 3. The lowest BCUT2D eigenvalue weighted by Crippen LogP contribution is -2.50. The van der Waals surface area contributed by atoms with Gasteiger partial charge >= 0.3 is 0 Å². The predicted octanol–water partition coefficient (Wildman–Crippen LogP) is 0.173. The highest BCUT2D eigenvalue weighted by atomic mass is 32.1. The highest BCUT2D eigenvalue weighted by Gasteiger charge is 2.24. The number of nitrogens with zero attached hydrogens (tertiary/aromatic N) is 5. The summed E-state index contributed by atoms with van der Waals surface area (Å²) in [6.45, 7) is 6.38. The van der Waals surface area contributed by atoms with Crippen LogP contribution in [0.4, 0.5) is 5.95 Å². The first kappa shape index (κ1) is 12.6. The van der Waals surface area contributed by atoms with Crippen molar-refractivity contribution in [3.05, 3.63) is 18.5 Å². The molecular weight excluding hydrogens is 262 g/mol. The minimum atomic E-state index is 0.633. The molecule has 2 aliphatic rings. The monoisotopic (exact) mass is 279 g/mol. The average molecular weight is 279 g/mol. The van der Waals surface area contributed by atoms with Gasteiger partial charge in [0, 0.05) is 38.6 Å². The van der Waals surface area contributed by atoms with Crippen LogP contribution in [0.5, 0.6) is 0 Å². The highest BCUT2D eigenvalue weighted by Crippen LogP contribution is 2.11. The summed E-state index contributed by atoms with van der Waals surface area (Å²) in [7, 11) is 0. The lowest BCUT2D eigenvalue weighted by Gasteiger charge is -2.36. The summed E-state index contributed by atoms with van der Waals surface area (Å²) in [5, 5.41) is 0.633. The van der Waals surface area contributed by atoms with Gasteiger partial charge in [0.1, 0.15) is 6.61 Å². The molecule has 19 heavy (non-hydrogen) atoms. The Morgan fingerprint density at radius 3 is 2.47 bits per heavy atom. The molecule has 0 aromatic carbocycles. The molecule has 2 aliphatic heterocycles. The molecule has 1 aromatic heterocycles. The molecule has 6 nitrogen and oxygen atoms in total. The van der Waals surface area contributed by atoms with Gasteiger partial charge in [-0.3, -0.25) is 4.90 Å². The molecule has 0 radical (unpaired) electrons. The van der Waals surface area contributed by atoms with Gasteiger partial charge < -0.3 is 14.5 Å². The van der Waals surface area contributed by atoms with Crippen LogP contribution in [0.3, 0.4) is 0 Å².